The predicted molar refractivity (Wildman–Crippen MR) is 49.4 cm³/mol. The number of esters is 1. The van der Waals surface area contributed by atoms with Gasteiger partial charge in [0.1, 0.15) is 0 Å². The summed E-state index contributed by atoms with van der Waals surface area (Å²) in [6.45, 7) is 1.80. The molecule has 0 aromatic heterocycles. The number of carbonyl (C=O) groups excluding carboxylic acids is 1. The lowest BCUT2D eigenvalue weighted by Gasteiger charge is -2.23. The van der Waals surface area contributed by atoms with Crippen molar-refractivity contribution in [3.05, 3.63) is 0 Å². The molecule has 0 unspecified atom stereocenters. The van der Waals surface area contributed by atoms with Crippen molar-refractivity contribution in [1.82, 2.24) is 0 Å². The summed E-state index contributed by atoms with van der Waals surface area (Å²) >= 11 is 0. The van der Waals surface area contributed by atoms with E-state index in [9.17, 15) is 13.2 Å². The molecular formula is C8H14O5S. The monoisotopic (exact) mass is 222 g/mol. The van der Waals surface area contributed by atoms with Gasteiger partial charge in [-0.1, -0.05) is 0 Å². The quantitative estimate of drug-likeness (QED) is 0.636. The first kappa shape index (κ1) is 11.5. The summed E-state index contributed by atoms with van der Waals surface area (Å²) in [6, 6.07) is 0. The minimum atomic E-state index is -3.52. The van der Waals surface area contributed by atoms with Crippen molar-refractivity contribution in [2.75, 3.05) is 12.4 Å². The Kier molecular flexibility index (Phi) is 3.49. The Morgan fingerprint density at radius 3 is 2.64 bits per heavy atom. The van der Waals surface area contributed by atoms with Crippen LogP contribution in [0.25, 0.3) is 0 Å². The number of hydrogen-bond acceptors (Lipinski definition) is 5. The van der Waals surface area contributed by atoms with Gasteiger partial charge in [0.2, 0.25) is 0 Å². The normalized spacial score (nSPS) is 31.0. The molecular weight excluding hydrogens is 208 g/mol. The number of aliphatic hydroxyl groups excluding tert-OH is 1. The minimum absolute atomic E-state index is 0.155. The molecule has 0 saturated carbocycles. The van der Waals surface area contributed by atoms with Crippen molar-refractivity contribution in [3.63, 3.8) is 0 Å². The molecule has 1 saturated heterocycles. The molecule has 0 spiro atoms. The van der Waals surface area contributed by atoms with Gasteiger partial charge in [-0.25, -0.2) is 8.42 Å². The molecule has 0 aromatic rings. The molecule has 0 aromatic carbocycles. The molecule has 1 fully saturated rings. The number of sulfone groups is 1. The van der Waals surface area contributed by atoms with E-state index >= 15 is 0 Å². The molecule has 6 heteroatoms. The van der Waals surface area contributed by atoms with Gasteiger partial charge < -0.3 is 9.84 Å². The van der Waals surface area contributed by atoms with Crippen LogP contribution in [-0.4, -0.2) is 43.2 Å². The SMILES string of the molecule is CCOC(=O)[C@H]1CC[C@@H](O)CS1(=O)=O. The zero-order valence-electron chi connectivity index (χ0n) is 7.97. The zero-order chi connectivity index (χ0) is 10.8. The molecule has 1 aliphatic rings. The summed E-state index contributed by atoms with van der Waals surface area (Å²) in [5.41, 5.74) is 0. The number of rotatable bonds is 2. The average molecular weight is 222 g/mol. The van der Waals surface area contributed by atoms with E-state index in [0.29, 0.717) is 6.42 Å². The summed E-state index contributed by atoms with van der Waals surface area (Å²) in [6.07, 6.45) is -0.351. The lowest BCUT2D eigenvalue weighted by atomic mass is 10.1. The third-order valence-electron chi connectivity index (χ3n) is 2.17. The lowest BCUT2D eigenvalue weighted by molar-refractivity contribution is -0.142. The predicted octanol–water partition coefficient (Wildman–Crippen LogP) is -0.512. The smallest absolute Gasteiger partial charge is 0.324 e. The molecule has 82 valence electrons. The van der Waals surface area contributed by atoms with Crippen LogP contribution in [-0.2, 0) is 19.4 Å². The van der Waals surface area contributed by atoms with Crippen LogP contribution in [0.4, 0.5) is 0 Å². The third-order valence-corrected chi connectivity index (χ3v) is 4.31. The third kappa shape index (κ3) is 2.45. The molecule has 0 bridgehead atoms. The molecule has 1 N–H and O–H groups in total. The highest BCUT2D eigenvalue weighted by atomic mass is 32.2. The topological polar surface area (TPSA) is 80.7 Å². The highest BCUT2D eigenvalue weighted by molar-refractivity contribution is 7.92. The number of aliphatic hydroxyl groups is 1. The first-order chi connectivity index (χ1) is 6.47. The van der Waals surface area contributed by atoms with Crippen LogP contribution in [0, 0.1) is 0 Å². The van der Waals surface area contributed by atoms with Gasteiger partial charge >= 0.3 is 5.97 Å². The van der Waals surface area contributed by atoms with E-state index in [1.54, 1.807) is 6.92 Å². The second-order valence-corrected chi connectivity index (χ2v) is 5.53. The number of ether oxygens (including phenoxy) is 1. The Hall–Kier alpha value is -0.620. The fourth-order valence-electron chi connectivity index (χ4n) is 1.49. The van der Waals surface area contributed by atoms with E-state index in [1.165, 1.54) is 0 Å². The van der Waals surface area contributed by atoms with Crippen molar-refractivity contribution in [2.45, 2.75) is 31.1 Å². The van der Waals surface area contributed by atoms with Crippen LogP contribution in [0.2, 0.25) is 0 Å². The van der Waals surface area contributed by atoms with Gasteiger partial charge in [-0.2, -0.15) is 0 Å². The van der Waals surface area contributed by atoms with E-state index < -0.39 is 27.2 Å². The molecule has 5 nitrogen and oxygen atoms in total. The Morgan fingerprint density at radius 2 is 2.14 bits per heavy atom. The Labute approximate surface area is 83.0 Å². The summed E-state index contributed by atoms with van der Waals surface area (Å²) in [5, 5.41) is 8.07. The van der Waals surface area contributed by atoms with Gasteiger partial charge in [0.15, 0.2) is 15.1 Å². The molecule has 0 amide bonds. The lowest BCUT2D eigenvalue weighted by Crippen LogP contribution is -2.41. The summed E-state index contributed by atoms with van der Waals surface area (Å²) in [5.74, 6) is -1.03. The highest BCUT2D eigenvalue weighted by Gasteiger charge is 2.39. The van der Waals surface area contributed by atoms with Crippen molar-refractivity contribution >= 4 is 15.8 Å². The maximum atomic E-state index is 11.4. The number of carbonyl (C=O) groups is 1. The zero-order valence-corrected chi connectivity index (χ0v) is 8.79. The van der Waals surface area contributed by atoms with E-state index in [0.717, 1.165) is 0 Å². The average Bonchev–Trinajstić information content (AvgIpc) is 2.01. The van der Waals surface area contributed by atoms with E-state index in [2.05, 4.69) is 4.74 Å². The first-order valence-electron chi connectivity index (χ1n) is 4.53. The summed E-state index contributed by atoms with van der Waals surface area (Å²) < 4.78 is 27.5. The van der Waals surface area contributed by atoms with Crippen molar-refractivity contribution in [2.24, 2.45) is 0 Å². The van der Waals surface area contributed by atoms with Gasteiger partial charge in [-0.15, -0.1) is 0 Å². The maximum absolute atomic E-state index is 11.4. The van der Waals surface area contributed by atoms with Crippen LogP contribution in [0.15, 0.2) is 0 Å². The Balaban J connectivity index is 2.75. The van der Waals surface area contributed by atoms with Crippen molar-refractivity contribution in [1.29, 1.82) is 0 Å². The molecule has 14 heavy (non-hydrogen) atoms. The van der Waals surface area contributed by atoms with E-state index in [-0.39, 0.29) is 18.8 Å². The molecule has 2 atom stereocenters. The summed E-state index contributed by atoms with van der Waals surface area (Å²) in [7, 11) is -3.52. The van der Waals surface area contributed by atoms with Gasteiger partial charge in [-0.05, 0) is 19.8 Å². The standard InChI is InChI=1S/C8H14O5S/c1-2-13-8(10)7-4-3-6(9)5-14(7,11)12/h6-7,9H,2-5H2,1H3/t6-,7-/m1/s1. The Morgan fingerprint density at radius 1 is 1.50 bits per heavy atom. The van der Waals surface area contributed by atoms with Crippen LogP contribution in [0.1, 0.15) is 19.8 Å². The van der Waals surface area contributed by atoms with Gasteiger partial charge in [0, 0.05) is 0 Å². The second kappa shape index (κ2) is 4.27. The van der Waals surface area contributed by atoms with Gasteiger partial charge in [0.05, 0.1) is 18.5 Å². The molecule has 1 rings (SSSR count). The minimum Gasteiger partial charge on any atom is -0.465 e. The van der Waals surface area contributed by atoms with Crippen molar-refractivity contribution < 1.29 is 23.1 Å². The van der Waals surface area contributed by atoms with E-state index in [4.69, 9.17) is 5.11 Å². The first-order valence-corrected chi connectivity index (χ1v) is 6.25. The fraction of sp³-hybridized carbons (Fsp3) is 0.875. The van der Waals surface area contributed by atoms with E-state index in [1.807, 2.05) is 0 Å². The van der Waals surface area contributed by atoms with Gasteiger partial charge in [-0.3, -0.25) is 4.79 Å². The van der Waals surface area contributed by atoms with Gasteiger partial charge in [0.25, 0.3) is 0 Å². The Bertz CT molecular complexity index is 308. The van der Waals surface area contributed by atoms with Crippen LogP contribution in [0.3, 0.4) is 0 Å². The highest BCUT2D eigenvalue weighted by Crippen LogP contribution is 2.21. The fourth-order valence-corrected chi connectivity index (χ4v) is 3.28. The maximum Gasteiger partial charge on any atom is 0.324 e. The molecule has 0 radical (unpaired) electrons. The second-order valence-electron chi connectivity index (χ2n) is 3.30. The summed E-state index contributed by atoms with van der Waals surface area (Å²) in [4.78, 5) is 11.2. The van der Waals surface area contributed by atoms with Crippen molar-refractivity contribution in [3.8, 4) is 0 Å². The molecule has 1 aliphatic heterocycles. The van der Waals surface area contributed by atoms with Crippen LogP contribution >= 0.6 is 0 Å². The van der Waals surface area contributed by atoms with Crippen LogP contribution < -0.4 is 0 Å². The van der Waals surface area contributed by atoms with Crippen LogP contribution in [0.5, 0.6) is 0 Å². The largest absolute Gasteiger partial charge is 0.465 e. The number of hydrogen-bond donors (Lipinski definition) is 1. The molecule has 0 aliphatic carbocycles. The molecule has 1 heterocycles.